The third kappa shape index (κ3) is 2.81. The lowest BCUT2D eigenvalue weighted by molar-refractivity contribution is 0.00506. The molecule has 110 valence electrons. The fourth-order valence-electron chi connectivity index (χ4n) is 3.42. The van der Waals surface area contributed by atoms with Gasteiger partial charge in [-0.1, -0.05) is 34.1 Å². The van der Waals surface area contributed by atoms with Gasteiger partial charge in [-0.25, -0.2) is 0 Å². The molecule has 0 amide bonds. The highest BCUT2D eigenvalue weighted by Crippen LogP contribution is 2.45. The van der Waals surface area contributed by atoms with Crippen molar-refractivity contribution < 1.29 is 0 Å². The van der Waals surface area contributed by atoms with E-state index >= 15 is 0 Å². The maximum absolute atomic E-state index is 3.75. The van der Waals surface area contributed by atoms with Gasteiger partial charge < -0.3 is 5.32 Å². The average Bonchev–Trinajstić information content (AvgIpc) is 3.21. The Hall–Kier alpha value is -0.380. The Bertz CT molecular complexity index is 496. The van der Waals surface area contributed by atoms with Crippen LogP contribution in [0.15, 0.2) is 28.7 Å². The summed E-state index contributed by atoms with van der Waals surface area (Å²) in [5.74, 6) is 0.869. The number of nitrogens with zero attached hydrogens (tertiary/aromatic N) is 1. The largest absolute Gasteiger partial charge is 0.309 e. The summed E-state index contributed by atoms with van der Waals surface area (Å²) in [6.07, 6.45) is 2.79. The molecule has 3 rings (SSSR count). The van der Waals surface area contributed by atoms with E-state index in [1.54, 1.807) is 0 Å². The Morgan fingerprint density at radius 3 is 2.60 bits per heavy atom. The minimum atomic E-state index is 0.204. The third-order valence-corrected chi connectivity index (χ3v) is 5.78. The normalized spacial score (nSPS) is 30.4. The highest BCUT2D eigenvalue weighted by molar-refractivity contribution is 9.10. The molecule has 3 heteroatoms. The molecule has 0 radical (unpaired) electrons. The second-order valence-corrected chi connectivity index (χ2v) is 8.17. The number of rotatable bonds is 3. The first-order valence-electron chi connectivity index (χ1n) is 7.64. The van der Waals surface area contributed by atoms with E-state index in [4.69, 9.17) is 0 Å². The predicted molar refractivity (Wildman–Crippen MR) is 87.8 cm³/mol. The van der Waals surface area contributed by atoms with Crippen molar-refractivity contribution in [2.24, 2.45) is 5.92 Å². The van der Waals surface area contributed by atoms with Crippen molar-refractivity contribution in [1.29, 1.82) is 0 Å². The quantitative estimate of drug-likeness (QED) is 0.902. The molecule has 0 spiro atoms. The number of nitrogens with one attached hydrogen (secondary N) is 1. The monoisotopic (exact) mass is 336 g/mol. The molecule has 1 N–H and O–H groups in total. The van der Waals surface area contributed by atoms with Crippen LogP contribution in [-0.2, 0) is 6.54 Å². The van der Waals surface area contributed by atoms with E-state index in [-0.39, 0.29) is 5.54 Å². The minimum absolute atomic E-state index is 0.204. The van der Waals surface area contributed by atoms with E-state index < -0.39 is 0 Å². The van der Waals surface area contributed by atoms with Crippen molar-refractivity contribution >= 4 is 15.9 Å². The van der Waals surface area contributed by atoms with Crippen LogP contribution in [0.2, 0.25) is 0 Å². The molecule has 0 bridgehead atoms. The van der Waals surface area contributed by atoms with Crippen LogP contribution in [-0.4, -0.2) is 29.1 Å². The number of benzene rings is 1. The zero-order valence-corrected chi connectivity index (χ0v) is 14.3. The maximum atomic E-state index is 3.75. The number of hydrogen-bond donors (Lipinski definition) is 1. The number of halogens is 1. The molecule has 1 unspecified atom stereocenters. The summed E-state index contributed by atoms with van der Waals surface area (Å²) >= 11 is 3.70. The predicted octanol–water partition coefficient (Wildman–Crippen LogP) is 3.80. The van der Waals surface area contributed by atoms with Crippen LogP contribution in [0.5, 0.6) is 0 Å². The van der Waals surface area contributed by atoms with Gasteiger partial charge in [0.05, 0.1) is 0 Å². The smallest absolute Gasteiger partial charge is 0.0338 e. The SMILES string of the molecule is CC1(C)CN(Cc2ccccc2Br)C(C)(C2CC2)CN1. The molecule has 2 fully saturated rings. The van der Waals surface area contributed by atoms with Gasteiger partial charge in [-0.3, -0.25) is 4.90 Å². The van der Waals surface area contributed by atoms with Crippen LogP contribution in [0.1, 0.15) is 39.2 Å². The topological polar surface area (TPSA) is 15.3 Å². The van der Waals surface area contributed by atoms with Crippen LogP contribution in [0.4, 0.5) is 0 Å². The first kappa shape index (κ1) is 14.6. The lowest BCUT2D eigenvalue weighted by Crippen LogP contribution is -2.67. The standard InChI is InChI=1S/C17H25BrN2/c1-16(2)12-20(10-13-6-4-5-7-15(13)18)17(3,11-19-16)14-8-9-14/h4-7,14,19H,8-12H2,1-3H3. The Morgan fingerprint density at radius 2 is 1.95 bits per heavy atom. The van der Waals surface area contributed by atoms with E-state index in [2.05, 4.69) is 71.2 Å². The molecule has 0 aromatic heterocycles. The van der Waals surface area contributed by atoms with Crippen molar-refractivity contribution in [2.75, 3.05) is 13.1 Å². The van der Waals surface area contributed by atoms with Crippen LogP contribution in [0.3, 0.4) is 0 Å². The fourth-order valence-corrected chi connectivity index (χ4v) is 3.83. The second kappa shape index (κ2) is 5.11. The molecule has 1 aromatic carbocycles. The van der Waals surface area contributed by atoms with E-state index in [0.717, 1.165) is 25.6 Å². The summed E-state index contributed by atoms with van der Waals surface area (Å²) in [5.41, 5.74) is 1.91. The fraction of sp³-hybridized carbons (Fsp3) is 0.647. The lowest BCUT2D eigenvalue weighted by atomic mass is 9.85. The van der Waals surface area contributed by atoms with Gasteiger partial charge in [-0.05, 0) is 51.2 Å². The Balaban J connectivity index is 1.85. The summed E-state index contributed by atoms with van der Waals surface area (Å²) in [7, 11) is 0. The van der Waals surface area contributed by atoms with Crippen molar-refractivity contribution in [3.8, 4) is 0 Å². The Kier molecular flexibility index (Phi) is 3.72. The zero-order chi connectivity index (χ0) is 14.4. The van der Waals surface area contributed by atoms with Gasteiger partial charge in [-0.15, -0.1) is 0 Å². The van der Waals surface area contributed by atoms with Gasteiger partial charge in [0.1, 0.15) is 0 Å². The van der Waals surface area contributed by atoms with E-state index in [1.165, 1.54) is 22.9 Å². The molecule has 1 aliphatic carbocycles. The van der Waals surface area contributed by atoms with Crippen LogP contribution >= 0.6 is 15.9 Å². The third-order valence-electron chi connectivity index (χ3n) is 5.01. The minimum Gasteiger partial charge on any atom is -0.309 e. The van der Waals surface area contributed by atoms with E-state index in [0.29, 0.717) is 5.54 Å². The summed E-state index contributed by atoms with van der Waals surface area (Å²) < 4.78 is 1.23. The second-order valence-electron chi connectivity index (χ2n) is 7.32. The highest BCUT2D eigenvalue weighted by Gasteiger charge is 2.49. The van der Waals surface area contributed by atoms with Gasteiger partial charge >= 0.3 is 0 Å². The molecule has 2 aliphatic rings. The highest BCUT2D eigenvalue weighted by atomic mass is 79.9. The van der Waals surface area contributed by atoms with Crippen LogP contribution in [0, 0.1) is 5.92 Å². The van der Waals surface area contributed by atoms with E-state index in [9.17, 15) is 0 Å². The van der Waals surface area contributed by atoms with Crippen molar-refractivity contribution in [3.63, 3.8) is 0 Å². The summed E-state index contributed by atoms with van der Waals surface area (Å²) in [6.45, 7) is 10.3. The first-order chi connectivity index (χ1) is 9.41. The molecule has 2 nitrogen and oxygen atoms in total. The van der Waals surface area contributed by atoms with Crippen molar-refractivity contribution in [1.82, 2.24) is 10.2 Å². The van der Waals surface area contributed by atoms with Gasteiger partial charge in [0, 0.05) is 35.2 Å². The Morgan fingerprint density at radius 1 is 1.25 bits per heavy atom. The Labute approximate surface area is 131 Å². The molecule has 1 heterocycles. The van der Waals surface area contributed by atoms with Crippen molar-refractivity contribution in [2.45, 2.75) is 51.2 Å². The molecule has 1 aliphatic heterocycles. The van der Waals surface area contributed by atoms with Crippen LogP contribution in [0.25, 0.3) is 0 Å². The molecular formula is C17H25BrN2. The molecule has 20 heavy (non-hydrogen) atoms. The summed E-state index contributed by atoms with van der Waals surface area (Å²) in [6, 6.07) is 8.63. The van der Waals surface area contributed by atoms with Gasteiger partial charge in [-0.2, -0.15) is 0 Å². The summed E-state index contributed by atoms with van der Waals surface area (Å²) in [5, 5.41) is 3.75. The molecular weight excluding hydrogens is 312 g/mol. The molecule has 1 saturated carbocycles. The van der Waals surface area contributed by atoms with Gasteiger partial charge in [0.2, 0.25) is 0 Å². The zero-order valence-electron chi connectivity index (χ0n) is 12.7. The summed E-state index contributed by atoms with van der Waals surface area (Å²) in [4.78, 5) is 2.71. The first-order valence-corrected chi connectivity index (χ1v) is 8.43. The van der Waals surface area contributed by atoms with Crippen LogP contribution < -0.4 is 5.32 Å². The number of piperazine rings is 1. The molecule has 1 atom stereocenters. The average molecular weight is 337 g/mol. The van der Waals surface area contributed by atoms with E-state index in [1.807, 2.05) is 0 Å². The van der Waals surface area contributed by atoms with Gasteiger partial charge in [0.15, 0.2) is 0 Å². The maximum Gasteiger partial charge on any atom is 0.0338 e. The molecule has 1 aromatic rings. The molecule has 1 saturated heterocycles. The lowest BCUT2D eigenvalue weighted by Gasteiger charge is -2.52. The van der Waals surface area contributed by atoms with Crippen molar-refractivity contribution in [3.05, 3.63) is 34.3 Å². The number of hydrogen-bond acceptors (Lipinski definition) is 2. The van der Waals surface area contributed by atoms with Gasteiger partial charge in [0.25, 0.3) is 0 Å².